The maximum atomic E-state index is 10.1. The second-order valence-corrected chi connectivity index (χ2v) is 3.28. The van der Waals surface area contributed by atoms with Crippen molar-refractivity contribution in [2.24, 2.45) is 0 Å². The average molecular weight is 241 g/mol. The smallest absolute Gasteiger partial charge is 0.235 e. The third kappa shape index (κ3) is 1.52. The predicted molar refractivity (Wildman–Crippen MR) is 50.4 cm³/mol. The molecule has 0 spiro atoms. The number of carbonyl (C=O) groups is 1. The van der Waals surface area contributed by atoms with E-state index in [2.05, 4.69) is 31.2 Å². The van der Waals surface area contributed by atoms with Gasteiger partial charge in [-0.1, -0.05) is 0 Å². The van der Waals surface area contributed by atoms with Gasteiger partial charge in [-0.3, -0.25) is 9.20 Å². The molecule has 2 rings (SSSR count). The maximum Gasteiger partial charge on any atom is 0.235 e. The van der Waals surface area contributed by atoms with Crippen molar-refractivity contribution in [1.29, 1.82) is 0 Å². The molecule has 5 nitrogen and oxygen atoms in total. The van der Waals surface area contributed by atoms with Crippen LogP contribution in [0.2, 0.25) is 0 Å². The first-order valence-electron chi connectivity index (χ1n) is 3.50. The Bertz CT molecular complexity index is 453. The molecule has 2 aromatic heterocycles. The third-order valence-corrected chi connectivity index (χ3v) is 1.89. The Kier molecular flexibility index (Phi) is 1.97. The molecule has 0 aromatic carbocycles. The van der Waals surface area contributed by atoms with Crippen molar-refractivity contribution < 1.29 is 4.79 Å². The van der Waals surface area contributed by atoms with Gasteiger partial charge in [0.25, 0.3) is 0 Å². The zero-order chi connectivity index (χ0) is 9.26. The fraction of sp³-hybridized carbons (Fsp3) is 0. The number of nitrogens with zero attached hydrogens (tertiary/aromatic N) is 3. The average Bonchev–Trinajstić information content (AvgIpc) is 2.46. The highest BCUT2D eigenvalue weighted by atomic mass is 79.9. The standard InChI is InChI=1S/C7H5BrN4O/c8-5-1-9-7-11-6(10-4-13)3-12(7)2-5/h1-4H,(H,10,13). The lowest BCUT2D eigenvalue weighted by atomic mass is 10.6. The molecule has 0 saturated heterocycles. The molecule has 13 heavy (non-hydrogen) atoms. The fourth-order valence-electron chi connectivity index (χ4n) is 0.990. The van der Waals surface area contributed by atoms with E-state index in [1.165, 1.54) is 0 Å². The van der Waals surface area contributed by atoms with E-state index in [4.69, 9.17) is 0 Å². The second kappa shape index (κ2) is 3.14. The van der Waals surface area contributed by atoms with Crippen molar-refractivity contribution in [3.05, 3.63) is 23.1 Å². The Morgan fingerprint density at radius 1 is 1.54 bits per heavy atom. The first-order valence-corrected chi connectivity index (χ1v) is 4.29. The van der Waals surface area contributed by atoms with Crippen LogP contribution in [0.3, 0.4) is 0 Å². The van der Waals surface area contributed by atoms with Crippen LogP contribution in [-0.4, -0.2) is 20.8 Å². The molecule has 2 aromatic rings. The summed E-state index contributed by atoms with van der Waals surface area (Å²) in [4.78, 5) is 18.2. The van der Waals surface area contributed by atoms with E-state index in [-0.39, 0.29) is 0 Å². The number of halogens is 1. The summed E-state index contributed by atoms with van der Waals surface area (Å²) in [5.74, 6) is 1.04. The van der Waals surface area contributed by atoms with E-state index in [0.29, 0.717) is 18.0 Å². The van der Waals surface area contributed by atoms with Crippen LogP contribution in [0.15, 0.2) is 23.1 Å². The summed E-state index contributed by atoms with van der Waals surface area (Å²) in [6.45, 7) is 0. The van der Waals surface area contributed by atoms with Gasteiger partial charge in [-0.15, -0.1) is 0 Å². The first kappa shape index (κ1) is 8.18. The summed E-state index contributed by atoms with van der Waals surface area (Å²) in [6.07, 6.45) is 5.72. The van der Waals surface area contributed by atoms with E-state index < -0.39 is 0 Å². The van der Waals surface area contributed by atoms with Crippen LogP contribution in [0.1, 0.15) is 0 Å². The zero-order valence-corrected chi connectivity index (χ0v) is 8.02. The Labute approximate surface area is 81.9 Å². The summed E-state index contributed by atoms with van der Waals surface area (Å²) in [5.41, 5.74) is 0. The zero-order valence-electron chi connectivity index (χ0n) is 6.44. The summed E-state index contributed by atoms with van der Waals surface area (Å²) in [6, 6.07) is 0. The summed E-state index contributed by atoms with van der Waals surface area (Å²) < 4.78 is 2.57. The number of carbonyl (C=O) groups excluding carboxylic acids is 1. The number of hydrogen-bond donors (Lipinski definition) is 1. The van der Waals surface area contributed by atoms with Crippen molar-refractivity contribution >= 4 is 33.9 Å². The van der Waals surface area contributed by atoms with Crippen LogP contribution in [0.5, 0.6) is 0 Å². The molecule has 0 bridgehead atoms. The highest BCUT2D eigenvalue weighted by molar-refractivity contribution is 9.10. The van der Waals surface area contributed by atoms with Crippen molar-refractivity contribution in [2.75, 3.05) is 5.32 Å². The number of aromatic nitrogens is 3. The number of anilines is 1. The Morgan fingerprint density at radius 2 is 2.38 bits per heavy atom. The number of fused-ring (bicyclic) bond motifs is 1. The molecular formula is C7H5BrN4O. The highest BCUT2D eigenvalue weighted by Crippen LogP contribution is 2.11. The van der Waals surface area contributed by atoms with Crippen LogP contribution >= 0.6 is 15.9 Å². The van der Waals surface area contributed by atoms with Gasteiger partial charge in [0.1, 0.15) is 0 Å². The number of amides is 1. The van der Waals surface area contributed by atoms with E-state index in [0.717, 1.165) is 4.47 Å². The SMILES string of the molecule is O=CNc1cn2cc(Br)cnc2n1. The van der Waals surface area contributed by atoms with E-state index >= 15 is 0 Å². The molecular weight excluding hydrogens is 236 g/mol. The Morgan fingerprint density at radius 3 is 3.15 bits per heavy atom. The van der Waals surface area contributed by atoms with Gasteiger partial charge in [0.05, 0.1) is 10.7 Å². The number of nitrogens with one attached hydrogen (secondary N) is 1. The molecule has 1 N–H and O–H groups in total. The van der Waals surface area contributed by atoms with Crippen LogP contribution < -0.4 is 5.32 Å². The maximum absolute atomic E-state index is 10.1. The minimum Gasteiger partial charge on any atom is -0.312 e. The summed E-state index contributed by atoms with van der Waals surface area (Å²) in [5, 5.41) is 2.45. The molecule has 0 aliphatic rings. The molecule has 0 atom stereocenters. The Balaban J connectivity index is 2.55. The van der Waals surface area contributed by atoms with Crippen molar-refractivity contribution in [3.63, 3.8) is 0 Å². The fourth-order valence-corrected chi connectivity index (χ4v) is 1.31. The van der Waals surface area contributed by atoms with Crippen LogP contribution in [0.25, 0.3) is 5.78 Å². The van der Waals surface area contributed by atoms with Gasteiger partial charge in [-0.25, -0.2) is 4.98 Å². The number of rotatable bonds is 2. The minimum atomic E-state index is 0.487. The molecule has 1 amide bonds. The van der Waals surface area contributed by atoms with Gasteiger partial charge in [0.2, 0.25) is 12.2 Å². The Hall–Kier alpha value is -1.43. The van der Waals surface area contributed by atoms with Crippen LogP contribution in [0.4, 0.5) is 5.82 Å². The third-order valence-electron chi connectivity index (χ3n) is 1.49. The van der Waals surface area contributed by atoms with E-state index in [1.54, 1.807) is 16.8 Å². The molecule has 0 aliphatic heterocycles. The minimum absolute atomic E-state index is 0.487. The highest BCUT2D eigenvalue weighted by Gasteiger charge is 2.00. The van der Waals surface area contributed by atoms with Crippen LogP contribution in [0, 0.1) is 0 Å². The summed E-state index contributed by atoms with van der Waals surface area (Å²) in [7, 11) is 0. The van der Waals surface area contributed by atoms with Gasteiger partial charge < -0.3 is 5.32 Å². The monoisotopic (exact) mass is 240 g/mol. The molecule has 2 heterocycles. The summed E-state index contributed by atoms with van der Waals surface area (Å²) >= 11 is 3.28. The largest absolute Gasteiger partial charge is 0.312 e. The molecule has 0 fully saturated rings. The quantitative estimate of drug-likeness (QED) is 0.799. The lowest BCUT2D eigenvalue weighted by Crippen LogP contribution is -1.92. The van der Waals surface area contributed by atoms with Crippen molar-refractivity contribution in [3.8, 4) is 0 Å². The lowest BCUT2D eigenvalue weighted by molar-refractivity contribution is -0.105. The normalized spacial score (nSPS) is 10.2. The number of imidazole rings is 1. The van der Waals surface area contributed by atoms with Crippen molar-refractivity contribution in [2.45, 2.75) is 0 Å². The van der Waals surface area contributed by atoms with E-state index in [9.17, 15) is 4.79 Å². The first-order chi connectivity index (χ1) is 6.29. The molecule has 0 radical (unpaired) electrons. The molecule has 66 valence electrons. The lowest BCUT2D eigenvalue weighted by Gasteiger charge is -1.90. The van der Waals surface area contributed by atoms with Gasteiger partial charge in [0.15, 0.2) is 5.82 Å². The topological polar surface area (TPSA) is 59.3 Å². The molecule has 0 unspecified atom stereocenters. The molecule has 6 heteroatoms. The van der Waals surface area contributed by atoms with E-state index in [1.807, 2.05) is 6.20 Å². The van der Waals surface area contributed by atoms with Gasteiger partial charge in [-0.2, -0.15) is 4.98 Å². The second-order valence-electron chi connectivity index (χ2n) is 2.37. The number of hydrogen-bond acceptors (Lipinski definition) is 3. The van der Waals surface area contributed by atoms with Crippen molar-refractivity contribution in [1.82, 2.24) is 14.4 Å². The predicted octanol–water partition coefficient (Wildman–Crippen LogP) is 1.06. The van der Waals surface area contributed by atoms with Gasteiger partial charge in [-0.05, 0) is 15.9 Å². The van der Waals surface area contributed by atoms with Gasteiger partial charge in [0, 0.05) is 12.4 Å². The molecule has 0 aliphatic carbocycles. The van der Waals surface area contributed by atoms with Gasteiger partial charge >= 0.3 is 0 Å². The van der Waals surface area contributed by atoms with Crippen LogP contribution in [-0.2, 0) is 4.79 Å². The molecule has 0 saturated carbocycles.